The molecule has 0 radical (unpaired) electrons. The second kappa shape index (κ2) is 9.61. The van der Waals surface area contributed by atoms with Crippen molar-refractivity contribution in [2.45, 2.75) is 24.8 Å². The number of hydrogen-bond acceptors (Lipinski definition) is 2. The Bertz CT molecular complexity index is 579. The van der Waals surface area contributed by atoms with Gasteiger partial charge in [-0.3, -0.25) is 0 Å². The minimum absolute atomic E-state index is 0.333. The van der Waals surface area contributed by atoms with Gasteiger partial charge >= 0.3 is 147 Å². The zero-order chi connectivity index (χ0) is 15.6. The molecule has 0 unspecified atom stereocenters. The Kier molecular flexibility index (Phi) is 7.43. The van der Waals surface area contributed by atoms with Crippen molar-refractivity contribution in [3.63, 3.8) is 0 Å². The number of rotatable bonds is 8. The Morgan fingerprint density at radius 2 is 1.45 bits per heavy atom. The molecule has 2 aromatic carbocycles. The van der Waals surface area contributed by atoms with E-state index in [9.17, 15) is 0 Å². The van der Waals surface area contributed by atoms with Gasteiger partial charge in [-0.25, -0.2) is 0 Å². The third kappa shape index (κ3) is 5.79. The summed E-state index contributed by atoms with van der Waals surface area (Å²) < 4.78 is 1.29. The maximum absolute atomic E-state index is 8.72. The fourth-order valence-electron chi connectivity index (χ4n) is 2.07. The van der Waals surface area contributed by atoms with Gasteiger partial charge in [0.2, 0.25) is 0 Å². The zero-order valence-corrected chi connectivity index (χ0v) is 15.7. The molecular formula is C18H18N2Se2. The Morgan fingerprint density at radius 3 is 1.91 bits per heavy atom. The van der Waals surface area contributed by atoms with E-state index in [2.05, 4.69) is 75.1 Å². The van der Waals surface area contributed by atoms with Gasteiger partial charge in [-0.1, -0.05) is 0 Å². The third-order valence-electron chi connectivity index (χ3n) is 3.13. The van der Waals surface area contributed by atoms with E-state index in [1.165, 1.54) is 14.6 Å². The predicted molar refractivity (Wildman–Crippen MR) is 93.7 cm³/mol. The van der Waals surface area contributed by atoms with Crippen molar-refractivity contribution in [1.82, 2.24) is 4.90 Å². The van der Waals surface area contributed by atoms with E-state index in [0.717, 1.165) is 18.4 Å². The van der Waals surface area contributed by atoms with Crippen molar-refractivity contribution in [2.24, 2.45) is 0 Å². The van der Waals surface area contributed by atoms with Crippen LogP contribution in [-0.2, 0) is 13.1 Å². The standard InChI is InChI=1S/C18H18N2Se2/c19-12-7-13-22-18(21)20(14-16-8-3-1-4-9-16)15-17-10-5-2-6-11-17/h1-6,8-11H,7,13-15H2. The molecule has 2 aromatic rings. The summed E-state index contributed by atoms with van der Waals surface area (Å²) >= 11 is 3.57. The first-order valence-electron chi connectivity index (χ1n) is 7.16. The van der Waals surface area contributed by atoms with Crippen LogP contribution < -0.4 is 0 Å². The molecule has 0 aliphatic heterocycles. The van der Waals surface area contributed by atoms with Gasteiger partial charge in [0.15, 0.2) is 0 Å². The van der Waals surface area contributed by atoms with Gasteiger partial charge in [0.05, 0.1) is 0 Å². The van der Waals surface area contributed by atoms with Crippen LogP contribution in [0.1, 0.15) is 17.5 Å². The normalized spacial score (nSPS) is 9.95. The molecule has 4 heteroatoms. The zero-order valence-electron chi connectivity index (χ0n) is 12.3. The van der Waals surface area contributed by atoms with Crippen LogP contribution in [0.5, 0.6) is 0 Å². The van der Waals surface area contributed by atoms with Gasteiger partial charge in [0, 0.05) is 0 Å². The summed E-state index contributed by atoms with van der Waals surface area (Å²) in [5.41, 5.74) is 2.62. The van der Waals surface area contributed by atoms with E-state index < -0.39 is 0 Å². The van der Waals surface area contributed by atoms with E-state index in [0.29, 0.717) is 21.4 Å². The molecule has 0 atom stereocenters. The molecule has 2 nitrogen and oxygen atoms in total. The summed E-state index contributed by atoms with van der Waals surface area (Å²) in [4.78, 5) is 2.39. The molecule has 0 saturated carbocycles. The molecule has 0 aliphatic carbocycles. The van der Waals surface area contributed by atoms with Crippen molar-refractivity contribution in [1.29, 1.82) is 5.26 Å². The van der Waals surface area contributed by atoms with Crippen LogP contribution in [0.25, 0.3) is 0 Å². The molecule has 0 bridgehead atoms. The van der Waals surface area contributed by atoms with Crippen LogP contribution in [0, 0.1) is 11.3 Å². The monoisotopic (exact) mass is 422 g/mol. The number of nitrogens with zero attached hydrogens (tertiary/aromatic N) is 2. The van der Waals surface area contributed by atoms with E-state index >= 15 is 0 Å². The van der Waals surface area contributed by atoms with E-state index in [-0.39, 0.29) is 0 Å². The quantitative estimate of drug-likeness (QED) is 0.485. The second-order valence-corrected chi connectivity index (χ2v) is 9.24. The summed E-state index contributed by atoms with van der Waals surface area (Å²) in [6, 6.07) is 23.3. The van der Waals surface area contributed by atoms with Gasteiger partial charge in [0.1, 0.15) is 0 Å². The summed E-state index contributed by atoms with van der Waals surface area (Å²) in [5, 5.41) is 9.68. The number of benzene rings is 2. The van der Waals surface area contributed by atoms with Crippen LogP contribution in [-0.4, -0.2) is 38.9 Å². The van der Waals surface area contributed by atoms with Crippen LogP contribution in [0.2, 0.25) is 5.32 Å². The van der Waals surface area contributed by atoms with Gasteiger partial charge in [0.25, 0.3) is 0 Å². The van der Waals surface area contributed by atoms with E-state index in [4.69, 9.17) is 5.26 Å². The number of hydrogen-bond donors (Lipinski definition) is 0. The maximum atomic E-state index is 8.72. The fraction of sp³-hybridized carbons (Fsp3) is 0.222. The van der Waals surface area contributed by atoms with E-state index in [1.54, 1.807) is 0 Å². The fourth-order valence-corrected chi connectivity index (χ4v) is 4.67. The molecular weight excluding hydrogens is 402 g/mol. The molecule has 0 saturated heterocycles. The Balaban J connectivity index is 2.06. The molecule has 2 rings (SSSR count). The van der Waals surface area contributed by atoms with Crippen molar-refractivity contribution in [2.75, 3.05) is 0 Å². The summed E-state index contributed by atoms with van der Waals surface area (Å²) in [5.74, 6) is 0. The molecule has 112 valence electrons. The molecule has 0 amide bonds. The third-order valence-corrected chi connectivity index (χ3v) is 6.87. The van der Waals surface area contributed by atoms with Crippen molar-refractivity contribution in [3.05, 3.63) is 71.8 Å². The Morgan fingerprint density at radius 1 is 0.955 bits per heavy atom. The molecule has 0 fully saturated rings. The van der Waals surface area contributed by atoms with Gasteiger partial charge in [-0.05, 0) is 0 Å². The van der Waals surface area contributed by atoms with Crippen molar-refractivity contribution in [3.8, 4) is 6.07 Å². The summed E-state index contributed by atoms with van der Waals surface area (Å²) in [6.45, 7) is 1.79. The predicted octanol–water partition coefficient (Wildman–Crippen LogP) is 2.98. The topological polar surface area (TPSA) is 27.0 Å². The van der Waals surface area contributed by atoms with Crippen LogP contribution in [0.4, 0.5) is 0 Å². The average molecular weight is 420 g/mol. The molecule has 0 N–H and O–H groups in total. The first kappa shape index (κ1) is 17.0. The first-order chi connectivity index (χ1) is 10.8. The first-order valence-corrected chi connectivity index (χ1v) is 10.1. The Labute approximate surface area is 146 Å². The molecule has 0 spiro atoms. The SMILES string of the molecule is N#CCC[Se]C(=[Se])N(Cc1ccccc1)Cc1ccccc1. The van der Waals surface area contributed by atoms with Gasteiger partial charge in [-0.15, -0.1) is 0 Å². The van der Waals surface area contributed by atoms with Gasteiger partial charge in [-0.2, -0.15) is 0 Å². The van der Waals surface area contributed by atoms with Crippen molar-refractivity contribution >= 4 is 34.0 Å². The molecule has 0 heterocycles. The van der Waals surface area contributed by atoms with Gasteiger partial charge < -0.3 is 0 Å². The summed E-state index contributed by atoms with van der Waals surface area (Å²) in [6.07, 6.45) is 0.635. The second-order valence-electron chi connectivity index (χ2n) is 4.85. The average Bonchev–Trinajstić information content (AvgIpc) is 2.56. The van der Waals surface area contributed by atoms with Crippen molar-refractivity contribution < 1.29 is 0 Å². The van der Waals surface area contributed by atoms with Crippen LogP contribution in [0.3, 0.4) is 0 Å². The Hall–Kier alpha value is -1.36. The number of nitriles is 1. The molecule has 0 aromatic heterocycles. The molecule has 22 heavy (non-hydrogen) atoms. The van der Waals surface area contributed by atoms with Crippen LogP contribution >= 0.6 is 0 Å². The summed E-state index contributed by atoms with van der Waals surface area (Å²) in [7, 11) is 0. The molecule has 0 aliphatic rings. The van der Waals surface area contributed by atoms with E-state index in [1.807, 2.05) is 12.1 Å². The van der Waals surface area contributed by atoms with Crippen LogP contribution in [0.15, 0.2) is 60.7 Å². The minimum atomic E-state index is 0.333.